The Labute approximate surface area is 111 Å². The second kappa shape index (κ2) is 6.04. The van der Waals surface area contributed by atoms with Gasteiger partial charge in [-0.25, -0.2) is 4.98 Å². The quantitative estimate of drug-likeness (QED) is 0.828. The fraction of sp³-hybridized carbons (Fsp3) is 0.583. The van der Waals surface area contributed by atoms with Gasteiger partial charge in [-0.1, -0.05) is 24.8 Å². The van der Waals surface area contributed by atoms with Crippen LogP contribution in [-0.2, 0) is 11.2 Å². The summed E-state index contributed by atoms with van der Waals surface area (Å²) in [7, 11) is 1.84. The molecule has 1 aromatic rings. The molecule has 0 aromatic carbocycles. The first-order valence-corrected chi connectivity index (χ1v) is 7.19. The molecule has 1 aromatic heterocycles. The highest BCUT2D eigenvalue weighted by atomic mass is 32.2. The van der Waals surface area contributed by atoms with Gasteiger partial charge < -0.3 is 4.90 Å². The third-order valence-corrected chi connectivity index (χ3v) is 3.82. The van der Waals surface area contributed by atoms with Gasteiger partial charge in [-0.3, -0.25) is 9.89 Å². The molecule has 1 amide bonds. The Morgan fingerprint density at radius 1 is 1.61 bits per heavy atom. The molecule has 1 heterocycles. The number of aromatic amines is 1. The van der Waals surface area contributed by atoms with Gasteiger partial charge in [0.15, 0.2) is 0 Å². The number of nitrogens with zero attached hydrogens (tertiary/aromatic N) is 3. The second-order valence-corrected chi connectivity index (χ2v) is 5.19. The number of allylic oxidation sites excluding steroid dienone is 2. The zero-order valence-electron chi connectivity index (χ0n) is 10.8. The SMILES string of the molecule is CCc1nc(SCC(=O)N(C)C2=CCCC2)n[nH]1. The van der Waals surface area contributed by atoms with Crippen LogP contribution in [0, 0.1) is 0 Å². The van der Waals surface area contributed by atoms with E-state index in [4.69, 9.17) is 0 Å². The second-order valence-electron chi connectivity index (χ2n) is 4.25. The van der Waals surface area contributed by atoms with Crippen LogP contribution in [0.4, 0.5) is 0 Å². The molecule has 1 aliphatic carbocycles. The lowest BCUT2D eigenvalue weighted by molar-refractivity contribution is -0.125. The summed E-state index contributed by atoms with van der Waals surface area (Å²) in [4.78, 5) is 18.0. The van der Waals surface area contributed by atoms with Gasteiger partial charge >= 0.3 is 0 Å². The van der Waals surface area contributed by atoms with Crippen molar-refractivity contribution in [2.24, 2.45) is 0 Å². The van der Waals surface area contributed by atoms with Crippen LogP contribution in [0.3, 0.4) is 0 Å². The van der Waals surface area contributed by atoms with E-state index in [0.29, 0.717) is 10.9 Å². The lowest BCUT2D eigenvalue weighted by Gasteiger charge is -2.17. The maximum Gasteiger partial charge on any atom is 0.236 e. The van der Waals surface area contributed by atoms with Gasteiger partial charge in [-0.2, -0.15) is 0 Å². The average molecular weight is 266 g/mol. The molecule has 1 aliphatic rings. The Hall–Kier alpha value is -1.30. The van der Waals surface area contributed by atoms with Crippen LogP contribution in [0.2, 0.25) is 0 Å². The summed E-state index contributed by atoms with van der Waals surface area (Å²) in [5.41, 5.74) is 1.14. The van der Waals surface area contributed by atoms with Crippen LogP contribution in [-0.4, -0.2) is 38.8 Å². The molecular formula is C12H18N4OS. The Bertz CT molecular complexity index is 455. The maximum atomic E-state index is 12.0. The van der Waals surface area contributed by atoms with E-state index >= 15 is 0 Å². The number of hydrogen-bond acceptors (Lipinski definition) is 4. The molecule has 5 nitrogen and oxygen atoms in total. The van der Waals surface area contributed by atoms with E-state index in [1.165, 1.54) is 11.8 Å². The summed E-state index contributed by atoms with van der Waals surface area (Å²) >= 11 is 1.38. The maximum absolute atomic E-state index is 12.0. The standard InChI is InChI=1S/C12H18N4OS/c1-3-10-13-12(15-14-10)18-8-11(17)16(2)9-6-4-5-7-9/h6H,3-5,7-8H2,1-2H3,(H,13,14,15). The molecule has 0 unspecified atom stereocenters. The van der Waals surface area contributed by atoms with E-state index < -0.39 is 0 Å². The van der Waals surface area contributed by atoms with E-state index in [2.05, 4.69) is 21.3 Å². The number of hydrogen-bond donors (Lipinski definition) is 1. The summed E-state index contributed by atoms with van der Waals surface area (Å²) in [6.45, 7) is 2.01. The van der Waals surface area contributed by atoms with E-state index in [1.807, 2.05) is 14.0 Å². The lowest BCUT2D eigenvalue weighted by atomic mass is 10.3. The molecule has 0 bridgehead atoms. The first-order chi connectivity index (χ1) is 8.70. The monoisotopic (exact) mass is 266 g/mol. The highest BCUT2D eigenvalue weighted by Gasteiger charge is 2.16. The number of thioether (sulfide) groups is 1. The molecule has 0 radical (unpaired) electrons. The smallest absolute Gasteiger partial charge is 0.236 e. The predicted molar refractivity (Wildman–Crippen MR) is 71.2 cm³/mol. The molecule has 0 fully saturated rings. The predicted octanol–water partition coefficient (Wildman–Crippen LogP) is 1.99. The number of rotatable bonds is 5. The fourth-order valence-corrected chi connectivity index (χ4v) is 2.57. The van der Waals surface area contributed by atoms with Gasteiger partial charge in [0, 0.05) is 19.2 Å². The fourth-order valence-electron chi connectivity index (χ4n) is 1.84. The molecule has 0 atom stereocenters. The normalized spacial score (nSPS) is 14.7. The number of amides is 1. The molecule has 0 spiro atoms. The summed E-state index contributed by atoms with van der Waals surface area (Å²) in [5, 5.41) is 7.55. The molecule has 98 valence electrons. The van der Waals surface area contributed by atoms with Crippen molar-refractivity contribution in [3.8, 4) is 0 Å². The van der Waals surface area contributed by atoms with Crippen LogP contribution < -0.4 is 0 Å². The number of carbonyl (C=O) groups excluding carboxylic acids is 1. The number of nitrogens with one attached hydrogen (secondary N) is 1. The highest BCUT2D eigenvalue weighted by molar-refractivity contribution is 7.99. The molecule has 6 heteroatoms. The lowest BCUT2D eigenvalue weighted by Crippen LogP contribution is -2.27. The Kier molecular flexibility index (Phi) is 4.41. The van der Waals surface area contributed by atoms with Crippen molar-refractivity contribution < 1.29 is 4.79 Å². The average Bonchev–Trinajstić information content (AvgIpc) is 3.05. The van der Waals surface area contributed by atoms with Crippen molar-refractivity contribution in [2.75, 3.05) is 12.8 Å². The van der Waals surface area contributed by atoms with Crippen LogP contribution in [0.5, 0.6) is 0 Å². The van der Waals surface area contributed by atoms with E-state index in [0.717, 1.165) is 37.2 Å². The van der Waals surface area contributed by atoms with Crippen molar-refractivity contribution in [2.45, 2.75) is 37.8 Å². The summed E-state index contributed by atoms with van der Waals surface area (Å²) < 4.78 is 0. The van der Waals surface area contributed by atoms with Crippen molar-refractivity contribution in [3.63, 3.8) is 0 Å². The topological polar surface area (TPSA) is 61.9 Å². The van der Waals surface area contributed by atoms with Crippen molar-refractivity contribution in [3.05, 3.63) is 17.6 Å². The van der Waals surface area contributed by atoms with Gasteiger partial charge in [0.25, 0.3) is 0 Å². The van der Waals surface area contributed by atoms with Gasteiger partial charge in [-0.15, -0.1) is 5.10 Å². The summed E-state index contributed by atoms with van der Waals surface area (Å²) in [6.07, 6.45) is 6.22. The van der Waals surface area contributed by atoms with Gasteiger partial charge in [-0.05, 0) is 19.3 Å². The minimum absolute atomic E-state index is 0.107. The number of aryl methyl sites for hydroxylation is 1. The van der Waals surface area contributed by atoms with Crippen molar-refractivity contribution in [1.29, 1.82) is 0 Å². The molecule has 0 saturated heterocycles. The molecular weight excluding hydrogens is 248 g/mol. The van der Waals surface area contributed by atoms with Gasteiger partial charge in [0.2, 0.25) is 11.1 Å². The minimum atomic E-state index is 0.107. The molecule has 2 rings (SSSR count). The summed E-state index contributed by atoms with van der Waals surface area (Å²) in [6, 6.07) is 0. The van der Waals surface area contributed by atoms with Crippen LogP contribution >= 0.6 is 11.8 Å². The number of carbonyl (C=O) groups is 1. The van der Waals surface area contributed by atoms with Crippen molar-refractivity contribution in [1.82, 2.24) is 20.1 Å². The van der Waals surface area contributed by atoms with Gasteiger partial charge in [0.1, 0.15) is 5.82 Å². The zero-order chi connectivity index (χ0) is 13.0. The van der Waals surface area contributed by atoms with E-state index in [-0.39, 0.29) is 5.91 Å². The van der Waals surface area contributed by atoms with Crippen LogP contribution in [0.25, 0.3) is 0 Å². The molecule has 1 N–H and O–H groups in total. The minimum Gasteiger partial charge on any atom is -0.319 e. The number of aromatic nitrogens is 3. The van der Waals surface area contributed by atoms with E-state index in [1.54, 1.807) is 4.90 Å². The Morgan fingerprint density at radius 3 is 3.06 bits per heavy atom. The van der Waals surface area contributed by atoms with E-state index in [9.17, 15) is 4.79 Å². The molecule has 0 aliphatic heterocycles. The molecule has 18 heavy (non-hydrogen) atoms. The Morgan fingerprint density at radius 2 is 2.44 bits per heavy atom. The first kappa shape index (κ1) is 13.1. The van der Waals surface area contributed by atoms with Gasteiger partial charge in [0.05, 0.1) is 5.75 Å². The number of H-pyrrole nitrogens is 1. The van der Waals surface area contributed by atoms with Crippen LogP contribution in [0.15, 0.2) is 16.9 Å². The largest absolute Gasteiger partial charge is 0.319 e. The first-order valence-electron chi connectivity index (χ1n) is 6.20. The van der Waals surface area contributed by atoms with Crippen molar-refractivity contribution >= 4 is 17.7 Å². The third kappa shape index (κ3) is 3.13. The Balaban J connectivity index is 1.84. The summed E-state index contributed by atoms with van der Waals surface area (Å²) in [5.74, 6) is 1.35. The van der Waals surface area contributed by atoms with Crippen LogP contribution in [0.1, 0.15) is 32.0 Å². The highest BCUT2D eigenvalue weighted by Crippen LogP contribution is 2.21. The molecule has 0 saturated carbocycles. The zero-order valence-corrected chi connectivity index (χ0v) is 11.6. The third-order valence-electron chi connectivity index (χ3n) is 2.99.